The van der Waals surface area contributed by atoms with Crippen molar-refractivity contribution in [2.45, 2.75) is 43.0 Å². The number of fused-ring (bicyclic) bond motifs is 1. The SMILES string of the molecule is CN1[C@H](C2CCCCC2)CN(c2ccccc2)c2cc(Oc3ccccc3F)c(-c3ccc(F)cc3)cc2S1(=O)=O. The summed E-state index contributed by atoms with van der Waals surface area (Å²) in [6, 6.07) is 24.6. The molecule has 1 fully saturated rings. The van der Waals surface area contributed by atoms with Gasteiger partial charge in [0.2, 0.25) is 10.0 Å². The zero-order chi connectivity index (χ0) is 28.6. The molecule has 1 heterocycles. The molecule has 8 heteroatoms. The lowest BCUT2D eigenvalue weighted by Gasteiger charge is -2.36. The summed E-state index contributed by atoms with van der Waals surface area (Å²) in [5.41, 5.74) is 2.29. The second kappa shape index (κ2) is 11.3. The van der Waals surface area contributed by atoms with Crippen LogP contribution in [-0.4, -0.2) is 32.4 Å². The zero-order valence-corrected chi connectivity index (χ0v) is 23.7. The van der Waals surface area contributed by atoms with Gasteiger partial charge in [0.15, 0.2) is 11.6 Å². The van der Waals surface area contributed by atoms with Crippen LogP contribution >= 0.6 is 0 Å². The van der Waals surface area contributed by atoms with Crippen LogP contribution in [-0.2, 0) is 10.0 Å². The second-order valence-electron chi connectivity index (χ2n) is 10.8. The number of nitrogens with zero attached hydrogens (tertiary/aromatic N) is 2. The van der Waals surface area contributed by atoms with Crippen LogP contribution in [0.25, 0.3) is 11.1 Å². The van der Waals surface area contributed by atoms with Gasteiger partial charge in [0.1, 0.15) is 16.5 Å². The molecule has 1 atom stereocenters. The molecule has 0 N–H and O–H groups in total. The highest BCUT2D eigenvalue weighted by atomic mass is 32.2. The molecule has 0 spiro atoms. The molecule has 5 nitrogen and oxygen atoms in total. The van der Waals surface area contributed by atoms with E-state index < -0.39 is 21.7 Å². The minimum absolute atomic E-state index is 0.00996. The summed E-state index contributed by atoms with van der Waals surface area (Å²) in [6.07, 6.45) is 5.30. The Morgan fingerprint density at radius 1 is 0.805 bits per heavy atom. The van der Waals surface area contributed by atoms with Crippen molar-refractivity contribution >= 4 is 21.4 Å². The Morgan fingerprint density at radius 2 is 1.49 bits per heavy atom. The second-order valence-corrected chi connectivity index (χ2v) is 12.8. The molecule has 0 unspecified atom stereocenters. The van der Waals surface area contributed by atoms with E-state index in [-0.39, 0.29) is 28.4 Å². The van der Waals surface area contributed by atoms with Crippen LogP contribution in [0, 0.1) is 17.6 Å². The number of rotatable bonds is 5. The fraction of sp³-hybridized carbons (Fsp3) is 0.273. The summed E-state index contributed by atoms with van der Waals surface area (Å²) in [5.74, 6) is -0.448. The first-order valence-electron chi connectivity index (χ1n) is 14.0. The number of sulfonamides is 1. The van der Waals surface area contributed by atoms with Crippen LogP contribution in [0.4, 0.5) is 20.2 Å². The summed E-state index contributed by atoms with van der Waals surface area (Å²) in [7, 11) is -2.27. The fourth-order valence-electron chi connectivity index (χ4n) is 6.10. The van der Waals surface area contributed by atoms with Crippen LogP contribution in [0.3, 0.4) is 0 Å². The number of para-hydroxylation sites is 2. The lowest BCUT2D eigenvalue weighted by Crippen LogP contribution is -2.46. The molecule has 0 radical (unpaired) electrons. The van der Waals surface area contributed by atoms with Gasteiger partial charge in [-0.25, -0.2) is 17.2 Å². The van der Waals surface area contributed by atoms with Crippen LogP contribution in [0.1, 0.15) is 32.1 Å². The zero-order valence-electron chi connectivity index (χ0n) is 22.8. The smallest absolute Gasteiger partial charge is 0.245 e. The lowest BCUT2D eigenvalue weighted by molar-refractivity contribution is 0.218. The molecule has 4 aromatic carbocycles. The summed E-state index contributed by atoms with van der Waals surface area (Å²) < 4.78 is 65.0. The number of hydrogen-bond donors (Lipinski definition) is 0. The molecule has 2 aliphatic rings. The normalized spacial score (nSPS) is 19.4. The Bertz CT molecular complexity index is 1640. The van der Waals surface area contributed by atoms with Gasteiger partial charge in [0.05, 0.1) is 5.69 Å². The molecule has 1 aliphatic heterocycles. The van der Waals surface area contributed by atoms with Crippen LogP contribution in [0.2, 0.25) is 0 Å². The van der Waals surface area contributed by atoms with Crippen molar-refractivity contribution in [3.63, 3.8) is 0 Å². The molecule has 212 valence electrons. The molecular formula is C33H32F2N2O3S. The van der Waals surface area contributed by atoms with Gasteiger partial charge in [-0.05, 0) is 66.8 Å². The minimum atomic E-state index is -3.95. The van der Waals surface area contributed by atoms with Gasteiger partial charge in [-0.15, -0.1) is 0 Å². The molecule has 41 heavy (non-hydrogen) atoms. The van der Waals surface area contributed by atoms with Gasteiger partial charge in [-0.3, -0.25) is 0 Å². The summed E-state index contributed by atoms with van der Waals surface area (Å²) >= 11 is 0. The van der Waals surface area contributed by atoms with Crippen molar-refractivity contribution in [2.75, 3.05) is 18.5 Å². The van der Waals surface area contributed by atoms with Crippen LogP contribution in [0.5, 0.6) is 11.5 Å². The van der Waals surface area contributed by atoms with Crippen LogP contribution in [0.15, 0.2) is 95.9 Å². The maximum absolute atomic E-state index is 14.8. The van der Waals surface area contributed by atoms with Gasteiger partial charge in [-0.1, -0.05) is 61.7 Å². The standard InChI is InChI=1S/C33H32F2N2O3S/c1-36-30(24-10-4-2-5-11-24)22-37(26-12-6-3-7-13-26)29-21-32(40-31-15-9-8-14-28(31)35)27(20-33(29)41(36,38)39)23-16-18-25(34)19-17-23/h3,6-9,12-21,24,30H,2,4-5,10-11,22H2,1H3/t30-/m0/s1. The predicted molar refractivity (Wildman–Crippen MR) is 157 cm³/mol. The summed E-state index contributed by atoms with van der Waals surface area (Å²) in [4.78, 5) is 2.17. The van der Waals surface area contributed by atoms with Crippen molar-refractivity contribution in [1.82, 2.24) is 4.31 Å². The largest absolute Gasteiger partial charge is 0.454 e. The number of halogens is 2. The quantitative estimate of drug-likeness (QED) is 0.241. The monoisotopic (exact) mass is 574 g/mol. The van der Waals surface area contributed by atoms with Crippen molar-refractivity contribution in [3.8, 4) is 22.6 Å². The number of likely N-dealkylation sites (N-methyl/N-ethyl adjacent to an activating group) is 1. The molecular weight excluding hydrogens is 542 g/mol. The Kier molecular flexibility index (Phi) is 7.53. The maximum atomic E-state index is 14.8. The van der Waals surface area contributed by atoms with Crippen molar-refractivity contribution in [1.29, 1.82) is 0 Å². The van der Waals surface area contributed by atoms with Gasteiger partial charge < -0.3 is 9.64 Å². The van der Waals surface area contributed by atoms with Crippen molar-refractivity contribution < 1.29 is 21.9 Å². The van der Waals surface area contributed by atoms with Crippen LogP contribution < -0.4 is 9.64 Å². The van der Waals surface area contributed by atoms with Gasteiger partial charge in [0.25, 0.3) is 0 Å². The molecule has 4 aromatic rings. The van der Waals surface area contributed by atoms with Gasteiger partial charge in [0, 0.05) is 37.0 Å². The molecule has 0 saturated heterocycles. The van der Waals surface area contributed by atoms with E-state index in [1.54, 1.807) is 43.4 Å². The topological polar surface area (TPSA) is 49.9 Å². The highest BCUT2D eigenvalue weighted by Gasteiger charge is 2.41. The number of ether oxygens (including phenoxy) is 1. The summed E-state index contributed by atoms with van der Waals surface area (Å²) in [6.45, 7) is 0.465. The number of hydrogen-bond acceptors (Lipinski definition) is 4. The van der Waals surface area contributed by atoms with E-state index in [1.165, 1.54) is 35.0 Å². The Labute approximate surface area is 240 Å². The third kappa shape index (κ3) is 5.34. The molecule has 1 aliphatic carbocycles. The van der Waals surface area contributed by atoms with E-state index in [2.05, 4.69) is 0 Å². The van der Waals surface area contributed by atoms with E-state index in [1.807, 2.05) is 35.2 Å². The number of benzene rings is 4. The van der Waals surface area contributed by atoms with E-state index >= 15 is 0 Å². The first-order chi connectivity index (χ1) is 19.8. The third-order valence-corrected chi connectivity index (χ3v) is 10.2. The van der Waals surface area contributed by atoms with Gasteiger partial charge in [-0.2, -0.15) is 4.31 Å². The third-order valence-electron chi connectivity index (χ3n) is 8.32. The maximum Gasteiger partial charge on any atom is 0.245 e. The first kappa shape index (κ1) is 27.4. The van der Waals surface area contributed by atoms with E-state index in [0.29, 0.717) is 23.4 Å². The lowest BCUT2D eigenvalue weighted by atomic mass is 9.83. The van der Waals surface area contributed by atoms with E-state index in [9.17, 15) is 17.2 Å². The Morgan fingerprint density at radius 3 is 2.20 bits per heavy atom. The van der Waals surface area contributed by atoms with E-state index in [4.69, 9.17) is 4.74 Å². The Hall–Kier alpha value is -3.75. The molecule has 0 bridgehead atoms. The highest BCUT2D eigenvalue weighted by Crippen LogP contribution is 2.46. The van der Waals surface area contributed by atoms with Gasteiger partial charge >= 0.3 is 0 Å². The van der Waals surface area contributed by atoms with Crippen molar-refractivity contribution in [3.05, 3.63) is 103 Å². The van der Waals surface area contributed by atoms with E-state index in [0.717, 1.165) is 31.4 Å². The van der Waals surface area contributed by atoms with Crippen molar-refractivity contribution in [2.24, 2.45) is 5.92 Å². The Balaban J connectivity index is 1.59. The molecule has 0 amide bonds. The number of anilines is 2. The predicted octanol–water partition coefficient (Wildman–Crippen LogP) is 8.15. The first-order valence-corrected chi connectivity index (χ1v) is 15.4. The average molecular weight is 575 g/mol. The molecule has 1 saturated carbocycles. The minimum Gasteiger partial charge on any atom is -0.454 e. The molecule has 0 aromatic heterocycles. The summed E-state index contributed by atoms with van der Waals surface area (Å²) in [5, 5.41) is 0. The molecule has 6 rings (SSSR count). The average Bonchev–Trinajstić information content (AvgIpc) is 3.07. The highest BCUT2D eigenvalue weighted by molar-refractivity contribution is 7.89. The fourth-order valence-corrected chi connectivity index (χ4v) is 7.71.